The molecule has 0 spiro atoms. The van der Waals surface area contributed by atoms with Crippen LogP contribution < -0.4 is 15.4 Å². The maximum Gasteiger partial charge on any atom is 0.133 e. The van der Waals surface area contributed by atoms with Gasteiger partial charge < -0.3 is 15.4 Å². The summed E-state index contributed by atoms with van der Waals surface area (Å²) in [6, 6.07) is 5.87. The molecule has 13 heavy (non-hydrogen) atoms. The Morgan fingerprint density at radius 2 is 2.23 bits per heavy atom. The molecule has 0 amide bonds. The fourth-order valence-corrected chi connectivity index (χ4v) is 1.51. The van der Waals surface area contributed by atoms with Gasteiger partial charge in [0.25, 0.3) is 0 Å². The largest absolute Gasteiger partial charge is 0.496 e. The van der Waals surface area contributed by atoms with E-state index in [2.05, 4.69) is 26.6 Å². The van der Waals surface area contributed by atoms with Gasteiger partial charge in [-0.1, -0.05) is 0 Å². The minimum Gasteiger partial charge on any atom is -0.496 e. The van der Waals surface area contributed by atoms with E-state index in [9.17, 15) is 0 Å². The van der Waals surface area contributed by atoms with Crippen molar-refractivity contribution in [3.63, 3.8) is 0 Å². The molecule has 0 bridgehead atoms. The van der Waals surface area contributed by atoms with Crippen LogP contribution in [0.5, 0.6) is 5.75 Å². The van der Waals surface area contributed by atoms with Crippen molar-refractivity contribution in [2.75, 3.05) is 26.1 Å². The zero-order valence-electron chi connectivity index (χ0n) is 7.73. The van der Waals surface area contributed by atoms with Crippen molar-refractivity contribution >= 4 is 21.6 Å². The van der Waals surface area contributed by atoms with Gasteiger partial charge in [-0.15, -0.1) is 0 Å². The van der Waals surface area contributed by atoms with Gasteiger partial charge >= 0.3 is 0 Å². The maximum absolute atomic E-state index is 5.11. The molecule has 3 nitrogen and oxygen atoms in total. The third kappa shape index (κ3) is 2.90. The fourth-order valence-electron chi connectivity index (χ4n) is 0.967. The Labute approximate surface area is 86.6 Å². The Morgan fingerprint density at radius 3 is 2.77 bits per heavy atom. The first-order valence-electron chi connectivity index (χ1n) is 4.00. The summed E-state index contributed by atoms with van der Waals surface area (Å²) in [6.07, 6.45) is 0. The molecule has 0 atom stereocenters. The van der Waals surface area contributed by atoms with Crippen LogP contribution in [0.25, 0.3) is 0 Å². The van der Waals surface area contributed by atoms with Crippen LogP contribution in [0.1, 0.15) is 0 Å². The second-order valence-electron chi connectivity index (χ2n) is 2.56. The topological polar surface area (TPSA) is 33.3 Å². The quantitative estimate of drug-likeness (QED) is 0.796. The molecule has 72 valence electrons. The Hall–Kier alpha value is -0.740. The summed E-state index contributed by atoms with van der Waals surface area (Å²) in [5, 5.41) is 6.20. The van der Waals surface area contributed by atoms with Gasteiger partial charge in [-0.05, 0) is 41.2 Å². The highest BCUT2D eigenvalue weighted by atomic mass is 79.9. The van der Waals surface area contributed by atoms with Gasteiger partial charge in [0.15, 0.2) is 0 Å². The number of hydrogen-bond donors (Lipinski definition) is 2. The van der Waals surface area contributed by atoms with Crippen LogP contribution in [-0.2, 0) is 0 Å². The van der Waals surface area contributed by atoms with E-state index in [0.29, 0.717) is 0 Å². The maximum atomic E-state index is 5.11. The summed E-state index contributed by atoms with van der Waals surface area (Å²) in [6.45, 7) is 0.749. The minimum absolute atomic E-state index is 0.749. The molecule has 0 radical (unpaired) electrons. The van der Waals surface area contributed by atoms with E-state index in [1.54, 1.807) is 7.11 Å². The average molecular weight is 245 g/mol. The van der Waals surface area contributed by atoms with Gasteiger partial charge in [0.2, 0.25) is 0 Å². The van der Waals surface area contributed by atoms with Crippen molar-refractivity contribution in [2.45, 2.75) is 0 Å². The number of benzene rings is 1. The Kier molecular flexibility index (Phi) is 4.05. The minimum atomic E-state index is 0.749. The lowest BCUT2D eigenvalue weighted by Crippen LogP contribution is -2.16. The van der Waals surface area contributed by atoms with Gasteiger partial charge in [0.1, 0.15) is 5.75 Å². The van der Waals surface area contributed by atoms with E-state index >= 15 is 0 Å². The fraction of sp³-hybridized carbons (Fsp3) is 0.333. The summed E-state index contributed by atoms with van der Waals surface area (Å²) in [5.74, 6) is 0.843. The molecule has 0 aliphatic heterocycles. The number of halogens is 1. The molecule has 0 aromatic heterocycles. The first-order chi connectivity index (χ1) is 6.27. The molecule has 0 heterocycles. The standard InChI is InChI=1S/C9H13BrN2O/c1-11-6-12-7-3-4-9(13-2)8(10)5-7/h3-5,11-12H,6H2,1-2H3. The molecule has 0 fully saturated rings. The molecule has 0 unspecified atom stereocenters. The molecule has 0 saturated heterocycles. The normalized spacial score (nSPS) is 9.77. The van der Waals surface area contributed by atoms with Crippen LogP contribution in [0, 0.1) is 0 Å². The molecule has 0 aliphatic carbocycles. The summed E-state index contributed by atoms with van der Waals surface area (Å²) < 4.78 is 6.07. The zero-order valence-corrected chi connectivity index (χ0v) is 9.31. The molecule has 0 aliphatic rings. The van der Waals surface area contributed by atoms with Crippen molar-refractivity contribution in [1.29, 1.82) is 0 Å². The van der Waals surface area contributed by atoms with Gasteiger partial charge in [0.05, 0.1) is 18.3 Å². The second-order valence-corrected chi connectivity index (χ2v) is 3.41. The van der Waals surface area contributed by atoms with Crippen LogP contribution in [0.4, 0.5) is 5.69 Å². The van der Waals surface area contributed by atoms with Crippen molar-refractivity contribution in [1.82, 2.24) is 5.32 Å². The highest BCUT2D eigenvalue weighted by Gasteiger charge is 1.99. The van der Waals surface area contributed by atoms with Crippen molar-refractivity contribution < 1.29 is 4.74 Å². The first kappa shape index (κ1) is 10.3. The van der Waals surface area contributed by atoms with Gasteiger partial charge in [-0.2, -0.15) is 0 Å². The van der Waals surface area contributed by atoms with Crippen molar-refractivity contribution in [3.8, 4) is 5.75 Å². The highest BCUT2D eigenvalue weighted by Crippen LogP contribution is 2.27. The predicted octanol–water partition coefficient (Wildman–Crippen LogP) is 2.05. The second kappa shape index (κ2) is 5.09. The number of ether oxygens (including phenoxy) is 1. The molecule has 0 saturated carbocycles. The molecule has 1 rings (SSSR count). The van der Waals surface area contributed by atoms with E-state index in [4.69, 9.17) is 4.74 Å². The Morgan fingerprint density at radius 1 is 1.46 bits per heavy atom. The van der Waals surface area contributed by atoms with E-state index in [1.807, 2.05) is 25.2 Å². The highest BCUT2D eigenvalue weighted by molar-refractivity contribution is 9.10. The summed E-state index contributed by atoms with van der Waals surface area (Å²) in [4.78, 5) is 0. The Bertz CT molecular complexity index is 278. The molecule has 2 N–H and O–H groups in total. The molecular weight excluding hydrogens is 232 g/mol. The van der Waals surface area contributed by atoms with E-state index < -0.39 is 0 Å². The van der Waals surface area contributed by atoms with Crippen LogP contribution in [0.3, 0.4) is 0 Å². The van der Waals surface area contributed by atoms with Crippen LogP contribution in [0.15, 0.2) is 22.7 Å². The van der Waals surface area contributed by atoms with Gasteiger partial charge in [-0.25, -0.2) is 0 Å². The number of nitrogens with one attached hydrogen (secondary N) is 2. The lowest BCUT2D eigenvalue weighted by atomic mass is 10.3. The third-order valence-corrected chi connectivity index (χ3v) is 2.24. The van der Waals surface area contributed by atoms with Crippen LogP contribution in [0.2, 0.25) is 0 Å². The third-order valence-electron chi connectivity index (χ3n) is 1.62. The monoisotopic (exact) mass is 244 g/mol. The van der Waals surface area contributed by atoms with Gasteiger partial charge in [0, 0.05) is 5.69 Å². The van der Waals surface area contributed by atoms with Crippen LogP contribution in [-0.4, -0.2) is 20.8 Å². The molecular formula is C9H13BrN2O. The van der Waals surface area contributed by atoms with Crippen molar-refractivity contribution in [3.05, 3.63) is 22.7 Å². The lowest BCUT2D eigenvalue weighted by molar-refractivity contribution is 0.412. The number of rotatable bonds is 4. The molecule has 1 aromatic carbocycles. The lowest BCUT2D eigenvalue weighted by Gasteiger charge is -2.08. The summed E-state index contributed by atoms with van der Waals surface area (Å²) in [5.41, 5.74) is 1.06. The Balaban J connectivity index is 2.71. The van der Waals surface area contributed by atoms with E-state index in [0.717, 1.165) is 22.6 Å². The van der Waals surface area contributed by atoms with E-state index in [1.165, 1.54) is 0 Å². The summed E-state index contributed by atoms with van der Waals surface area (Å²) >= 11 is 3.41. The number of hydrogen-bond acceptors (Lipinski definition) is 3. The SMILES string of the molecule is CNCNc1ccc(OC)c(Br)c1. The summed E-state index contributed by atoms with van der Waals surface area (Å²) in [7, 11) is 3.55. The predicted molar refractivity (Wildman–Crippen MR) is 58.2 cm³/mol. The van der Waals surface area contributed by atoms with Crippen LogP contribution >= 0.6 is 15.9 Å². The molecule has 4 heteroatoms. The first-order valence-corrected chi connectivity index (χ1v) is 4.79. The number of methoxy groups -OCH3 is 1. The van der Waals surface area contributed by atoms with Crippen molar-refractivity contribution in [2.24, 2.45) is 0 Å². The zero-order chi connectivity index (χ0) is 9.68. The average Bonchev–Trinajstić information content (AvgIpc) is 2.15. The van der Waals surface area contributed by atoms with Gasteiger partial charge in [-0.3, -0.25) is 0 Å². The van der Waals surface area contributed by atoms with E-state index in [-0.39, 0.29) is 0 Å². The smallest absolute Gasteiger partial charge is 0.133 e. The molecule has 1 aromatic rings. The number of anilines is 1.